The van der Waals surface area contributed by atoms with Gasteiger partial charge in [0.15, 0.2) is 0 Å². The second-order valence-electron chi connectivity index (χ2n) is 5.40. The standard InChI is InChI=1S/C18H12F3N3O3/c19-18(20,21)27-14-3-1-2-12(8-14)16(25)24-15-9-13(10-23-17(15)26)11-4-6-22-7-5-11/h1-10H,(H,23,26)(H,24,25). The van der Waals surface area contributed by atoms with Crippen molar-refractivity contribution < 1.29 is 22.7 Å². The smallest absolute Gasteiger partial charge is 0.406 e. The first kappa shape index (κ1) is 18.2. The second-order valence-corrected chi connectivity index (χ2v) is 5.40. The molecule has 2 N–H and O–H groups in total. The highest BCUT2D eigenvalue weighted by molar-refractivity contribution is 6.04. The van der Waals surface area contributed by atoms with Crippen LogP contribution in [-0.2, 0) is 0 Å². The van der Waals surface area contributed by atoms with Crippen LogP contribution < -0.4 is 15.6 Å². The van der Waals surface area contributed by atoms with E-state index < -0.39 is 23.6 Å². The van der Waals surface area contributed by atoms with Gasteiger partial charge in [0.2, 0.25) is 0 Å². The minimum Gasteiger partial charge on any atom is -0.406 e. The number of carbonyl (C=O) groups is 1. The van der Waals surface area contributed by atoms with Crippen LogP contribution in [-0.4, -0.2) is 22.2 Å². The fourth-order valence-electron chi connectivity index (χ4n) is 2.32. The number of carbonyl (C=O) groups excluding carboxylic acids is 1. The summed E-state index contributed by atoms with van der Waals surface area (Å²) in [5, 5.41) is 2.39. The Balaban J connectivity index is 1.84. The van der Waals surface area contributed by atoms with Crippen LogP contribution in [0.3, 0.4) is 0 Å². The average molecular weight is 375 g/mol. The molecule has 2 aromatic heterocycles. The Kier molecular flexibility index (Phi) is 4.93. The van der Waals surface area contributed by atoms with Gasteiger partial charge in [0.25, 0.3) is 11.5 Å². The molecule has 2 heterocycles. The molecule has 0 spiro atoms. The van der Waals surface area contributed by atoms with Gasteiger partial charge in [0.05, 0.1) is 0 Å². The molecular weight excluding hydrogens is 363 g/mol. The SMILES string of the molecule is O=C(Nc1cc(-c2ccncc2)c[nH]c1=O)c1cccc(OC(F)(F)F)c1. The third kappa shape index (κ3) is 4.72. The predicted octanol–water partition coefficient (Wildman–Crippen LogP) is 3.59. The molecule has 1 amide bonds. The van der Waals surface area contributed by atoms with Gasteiger partial charge in [-0.05, 0) is 42.0 Å². The highest BCUT2D eigenvalue weighted by Crippen LogP contribution is 2.24. The normalized spacial score (nSPS) is 11.1. The van der Waals surface area contributed by atoms with Crippen LogP contribution >= 0.6 is 0 Å². The lowest BCUT2D eigenvalue weighted by Crippen LogP contribution is -2.20. The Morgan fingerprint density at radius 3 is 2.52 bits per heavy atom. The highest BCUT2D eigenvalue weighted by atomic mass is 19.4. The molecule has 0 saturated heterocycles. The number of anilines is 1. The number of hydrogen-bond acceptors (Lipinski definition) is 4. The lowest BCUT2D eigenvalue weighted by molar-refractivity contribution is -0.274. The van der Waals surface area contributed by atoms with Crippen LogP contribution in [0.15, 0.2) is 65.8 Å². The van der Waals surface area contributed by atoms with Gasteiger partial charge in [0.1, 0.15) is 11.4 Å². The van der Waals surface area contributed by atoms with Gasteiger partial charge in [-0.2, -0.15) is 0 Å². The van der Waals surface area contributed by atoms with Crippen LogP contribution in [0.1, 0.15) is 10.4 Å². The minimum absolute atomic E-state index is 0.0449. The third-order valence-electron chi connectivity index (χ3n) is 3.49. The molecular formula is C18H12F3N3O3. The van der Waals surface area contributed by atoms with Crippen LogP contribution in [0.4, 0.5) is 18.9 Å². The summed E-state index contributed by atoms with van der Waals surface area (Å²) in [7, 11) is 0. The van der Waals surface area contributed by atoms with Crippen LogP contribution in [0.25, 0.3) is 11.1 Å². The van der Waals surface area contributed by atoms with Crippen molar-refractivity contribution in [2.45, 2.75) is 6.36 Å². The quantitative estimate of drug-likeness (QED) is 0.730. The van der Waals surface area contributed by atoms with Gasteiger partial charge in [0, 0.05) is 29.7 Å². The largest absolute Gasteiger partial charge is 0.573 e. The maximum Gasteiger partial charge on any atom is 0.573 e. The number of nitrogens with one attached hydrogen (secondary N) is 2. The Labute approximate surface area is 150 Å². The van der Waals surface area contributed by atoms with E-state index in [9.17, 15) is 22.8 Å². The fourth-order valence-corrected chi connectivity index (χ4v) is 2.32. The van der Waals surface area contributed by atoms with Crippen molar-refractivity contribution in [2.75, 3.05) is 5.32 Å². The number of aromatic amines is 1. The summed E-state index contributed by atoms with van der Waals surface area (Å²) in [6.07, 6.45) is -0.244. The van der Waals surface area contributed by atoms with Gasteiger partial charge in [-0.3, -0.25) is 14.6 Å². The number of benzene rings is 1. The van der Waals surface area contributed by atoms with E-state index in [1.54, 1.807) is 24.5 Å². The van der Waals surface area contributed by atoms with Gasteiger partial charge < -0.3 is 15.0 Å². The molecule has 0 fully saturated rings. The van der Waals surface area contributed by atoms with Gasteiger partial charge >= 0.3 is 6.36 Å². The fraction of sp³-hybridized carbons (Fsp3) is 0.0556. The zero-order valence-corrected chi connectivity index (χ0v) is 13.6. The Bertz CT molecular complexity index is 1020. The van der Waals surface area contributed by atoms with E-state index in [1.807, 2.05) is 0 Å². The van der Waals surface area contributed by atoms with Crippen molar-refractivity contribution in [1.82, 2.24) is 9.97 Å². The van der Waals surface area contributed by atoms with E-state index in [0.717, 1.165) is 17.7 Å². The van der Waals surface area contributed by atoms with Gasteiger partial charge in [-0.25, -0.2) is 0 Å². The summed E-state index contributed by atoms with van der Waals surface area (Å²) >= 11 is 0. The number of ether oxygens (including phenoxy) is 1. The number of aromatic nitrogens is 2. The first-order valence-corrected chi connectivity index (χ1v) is 7.62. The number of alkyl halides is 3. The minimum atomic E-state index is -4.87. The zero-order chi connectivity index (χ0) is 19.4. The Hall–Kier alpha value is -3.62. The Morgan fingerprint density at radius 2 is 1.81 bits per heavy atom. The van der Waals surface area contributed by atoms with Crippen molar-refractivity contribution in [2.24, 2.45) is 0 Å². The van der Waals surface area contributed by atoms with E-state index in [2.05, 4.69) is 20.0 Å². The van der Waals surface area contributed by atoms with Crippen LogP contribution in [0.2, 0.25) is 0 Å². The van der Waals surface area contributed by atoms with Crippen molar-refractivity contribution >= 4 is 11.6 Å². The van der Waals surface area contributed by atoms with Crippen molar-refractivity contribution in [3.05, 3.63) is 77.0 Å². The molecule has 138 valence electrons. The lowest BCUT2D eigenvalue weighted by Gasteiger charge is -2.10. The maximum atomic E-state index is 12.3. The van der Waals surface area contributed by atoms with Crippen molar-refractivity contribution in [3.63, 3.8) is 0 Å². The molecule has 0 aliphatic heterocycles. The summed E-state index contributed by atoms with van der Waals surface area (Å²) in [6, 6.07) is 9.45. The molecule has 0 saturated carbocycles. The predicted molar refractivity (Wildman–Crippen MR) is 91.4 cm³/mol. The molecule has 3 rings (SSSR count). The topological polar surface area (TPSA) is 84.1 Å². The molecule has 0 aliphatic rings. The monoisotopic (exact) mass is 375 g/mol. The molecule has 9 heteroatoms. The Morgan fingerprint density at radius 1 is 1.07 bits per heavy atom. The van der Waals surface area contributed by atoms with E-state index in [0.29, 0.717) is 5.56 Å². The molecule has 0 atom stereocenters. The van der Waals surface area contributed by atoms with Gasteiger partial charge in [-0.15, -0.1) is 13.2 Å². The molecule has 0 aliphatic carbocycles. The summed E-state index contributed by atoms with van der Waals surface area (Å²) in [5.41, 5.74) is 0.699. The van der Waals surface area contributed by atoms with Crippen molar-refractivity contribution in [1.29, 1.82) is 0 Å². The number of H-pyrrole nitrogens is 1. The third-order valence-corrected chi connectivity index (χ3v) is 3.49. The molecule has 27 heavy (non-hydrogen) atoms. The van der Waals surface area contributed by atoms with E-state index in [4.69, 9.17) is 0 Å². The molecule has 0 radical (unpaired) electrons. The average Bonchev–Trinajstić information content (AvgIpc) is 2.63. The summed E-state index contributed by atoms with van der Waals surface area (Å²) < 4.78 is 40.7. The lowest BCUT2D eigenvalue weighted by atomic mass is 10.1. The summed E-state index contributed by atoms with van der Waals surface area (Å²) in [6.45, 7) is 0. The summed E-state index contributed by atoms with van der Waals surface area (Å²) in [4.78, 5) is 30.7. The maximum absolute atomic E-state index is 12.3. The van der Waals surface area contributed by atoms with Crippen LogP contribution in [0.5, 0.6) is 5.75 Å². The number of pyridine rings is 2. The molecule has 3 aromatic rings. The number of nitrogens with zero attached hydrogens (tertiary/aromatic N) is 1. The number of halogens is 3. The first-order valence-electron chi connectivity index (χ1n) is 7.62. The van der Waals surface area contributed by atoms with Gasteiger partial charge in [-0.1, -0.05) is 6.07 Å². The number of rotatable bonds is 4. The van der Waals surface area contributed by atoms with Crippen molar-refractivity contribution in [3.8, 4) is 16.9 Å². The molecule has 0 unspecified atom stereocenters. The zero-order valence-electron chi connectivity index (χ0n) is 13.6. The molecule has 0 bridgehead atoms. The summed E-state index contributed by atoms with van der Waals surface area (Å²) in [5.74, 6) is -1.28. The van der Waals surface area contributed by atoms with E-state index in [1.165, 1.54) is 24.4 Å². The number of hydrogen-bond donors (Lipinski definition) is 2. The number of amides is 1. The van der Waals surface area contributed by atoms with Crippen LogP contribution in [0, 0.1) is 0 Å². The van der Waals surface area contributed by atoms with E-state index >= 15 is 0 Å². The molecule has 1 aromatic carbocycles. The first-order chi connectivity index (χ1) is 12.8. The van der Waals surface area contributed by atoms with E-state index in [-0.39, 0.29) is 11.3 Å². The highest BCUT2D eigenvalue weighted by Gasteiger charge is 2.31. The molecule has 6 nitrogen and oxygen atoms in total. The second kappa shape index (κ2) is 7.32.